The lowest BCUT2D eigenvalue weighted by Gasteiger charge is -2.29. The van der Waals surface area contributed by atoms with Gasteiger partial charge in [-0.05, 0) is 24.5 Å². The molecule has 1 aromatic rings. The molecule has 1 saturated heterocycles. The standard InChI is InChI=1S/C18H23NO5/c1-12(2)8-9-22-14-7-5-6-13(10-14)19-11-15-16(20)23-18(3,4)24-17(15)21/h5-7,10-12,19H,8-9H2,1-4H3. The Labute approximate surface area is 141 Å². The molecule has 1 N–H and O–H groups in total. The Bertz CT molecular complexity index is 627. The zero-order valence-corrected chi connectivity index (χ0v) is 14.4. The maximum absolute atomic E-state index is 11.9. The van der Waals surface area contributed by atoms with E-state index in [4.69, 9.17) is 14.2 Å². The predicted molar refractivity (Wildman–Crippen MR) is 89.4 cm³/mol. The van der Waals surface area contributed by atoms with Gasteiger partial charge in [0.05, 0.1) is 6.61 Å². The summed E-state index contributed by atoms with van der Waals surface area (Å²) in [4.78, 5) is 23.7. The number of anilines is 1. The van der Waals surface area contributed by atoms with E-state index in [1.807, 2.05) is 12.1 Å². The summed E-state index contributed by atoms with van der Waals surface area (Å²) in [6, 6.07) is 7.27. The minimum Gasteiger partial charge on any atom is -0.494 e. The van der Waals surface area contributed by atoms with Crippen molar-refractivity contribution in [3.8, 4) is 5.75 Å². The molecule has 1 aromatic carbocycles. The molecular weight excluding hydrogens is 310 g/mol. The van der Waals surface area contributed by atoms with E-state index in [1.54, 1.807) is 12.1 Å². The van der Waals surface area contributed by atoms with Crippen molar-refractivity contribution in [1.29, 1.82) is 0 Å². The van der Waals surface area contributed by atoms with Crippen molar-refractivity contribution in [3.05, 3.63) is 36.0 Å². The summed E-state index contributed by atoms with van der Waals surface area (Å²) in [5.41, 5.74) is 0.510. The molecule has 1 fully saturated rings. The summed E-state index contributed by atoms with van der Waals surface area (Å²) < 4.78 is 15.7. The monoisotopic (exact) mass is 333 g/mol. The van der Waals surface area contributed by atoms with Crippen LogP contribution in [0.3, 0.4) is 0 Å². The molecule has 1 aliphatic heterocycles. The molecular formula is C18H23NO5. The van der Waals surface area contributed by atoms with Crippen LogP contribution < -0.4 is 10.1 Å². The van der Waals surface area contributed by atoms with E-state index in [0.29, 0.717) is 24.0 Å². The molecule has 24 heavy (non-hydrogen) atoms. The van der Waals surface area contributed by atoms with Crippen LogP contribution in [0.2, 0.25) is 0 Å². The van der Waals surface area contributed by atoms with E-state index in [9.17, 15) is 9.59 Å². The summed E-state index contributed by atoms with van der Waals surface area (Å²) in [6.07, 6.45) is 2.25. The summed E-state index contributed by atoms with van der Waals surface area (Å²) >= 11 is 0. The normalized spacial score (nSPS) is 16.5. The Hall–Kier alpha value is -2.50. The highest BCUT2D eigenvalue weighted by Gasteiger charge is 2.38. The van der Waals surface area contributed by atoms with E-state index >= 15 is 0 Å². The van der Waals surface area contributed by atoms with Crippen LogP contribution in [-0.4, -0.2) is 24.3 Å². The van der Waals surface area contributed by atoms with Gasteiger partial charge in [0.15, 0.2) is 5.57 Å². The van der Waals surface area contributed by atoms with Gasteiger partial charge in [-0.15, -0.1) is 0 Å². The quantitative estimate of drug-likeness (QED) is 0.489. The van der Waals surface area contributed by atoms with Crippen LogP contribution in [0.5, 0.6) is 5.75 Å². The van der Waals surface area contributed by atoms with Crippen molar-refractivity contribution in [2.24, 2.45) is 5.92 Å². The number of rotatable bonds is 6. The van der Waals surface area contributed by atoms with Crippen LogP contribution in [0.15, 0.2) is 36.0 Å². The number of hydrogen-bond acceptors (Lipinski definition) is 6. The third kappa shape index (κ3) is 5.01. The minimum absolute atomic E-state index is 0.180. The van der Waals surface area contributed by atoms with Gasteiger partial charge < -0.3 is 19.5 Å². The van der Waals surface area contributed by atoms with Crippen LogP contribution >= 0.6 is 0 Å². The zero-order chi connectivity index (χ0) is 17.7. The van der Waals surface area contributed by atoms with Crippen LogP contribution in [0.4, 0.5) is 5.69 Å². The highest BCUT2D eigenvalue weighted by Crippen LogP contribution is 2.23. The lowest BCUT2D eigenvalue weighted by atomic mass is 10.1. The maximum Gasteiger partial charge on any atom is 0.350 e. The Balaban J connectivity index is 2.01. The molecule has 2 rings (SSSR count). The molecule has 1 heterocycles. The number of cyclic esters (lactones) is 2. The van der Waals surface area contributed by atoms with Crippen molar-refractivity contribution in [3.63, 3.8) is 0 Å². The second kappa shape index (κ2) is 7.38. The first-order valence-corrected chi connectivity index (χ1v) is 7.93. The molecule has 0 amide bonds. The second-order valence-electron chi connectivity index (χ2n) is 6.44. The summed E-state index contributed by atoms with van der Waals surface area (Å²) in [5, 5.41) is 2.90. The molecule has 1 aliphatic rings. The molecule has 0 bridgehead atoms. The Morgan fingerprint density at radius 3 is 2.50 bits per heavy atom. The van der Waals surface area contributed by atoms with Crippen molar-refractivity contribution >= 4 is 17.6 Å². The molecule has 0 spiro atoms. The fraction of sp³-hybridized carbons (Fsp3) is 0.444. The van der Waals surface area contributed by atoms with Crippen LogP contribution in [0.1, 0.15) is 34.1 Å². The average molecular weight is 333 g/mol. The van der Waals surface area contributed by atoms with Gasteiger partial charge in [-0.1, -0.05) is 19.9 Å². The first kappa shape index (κ1) is 17.8. The van der Waals surface area contributed by atoms with Crippen molar-refractivity contribution in [2.75, 3.05) is 11.9 Å². The molecule has 0 unspecified atom stereocenters. The summed E-state index contributed by atoms with van der Waals surface area (Å²) in [6.45, 7) is 7.92. The number of nitrogens with one attached hydrogen (secondary N) is 1. The summed E-state index contributed by atoms with van der Waals surface area (Å²) in [5.74, 6) is -1.38. The third-order valence-electron chi connectivity index (χ3n) is 3.30. The van der Waals surface area contributed by atoms with Gasteiger partial charge in [-0.25, -0.2) is 9.59 Å². The number of esters is 2. The topological polar surface area (TPSA) is 73.9 Å². The molecule has 6 heteroatoms. The van der Waals surface area contributed by atoms with Crippen LogP contribution in [-0.2, 0) is 19.1 Å². The SMILES string of the molecule is CC(C)CCOc1cccc(NC=C2C(=O)OC(C)(C)OC2=O)c1. The predicted octanol–water partition coefficient (Wildman–Crippen LogP) is 3.24. The first-order valence-electron chi connectivity index (χ1n) is 7.93. The number of hydrogen-bond donors (Lipinski definition) is 1. The Morgan fingerprint density at radius 2 is 1.88 bits per heavy atom. The van der Waals surface area contributed by atoms with Crippen LogP contribution in [0.25, 0.3) is 0 Å². The van der Waals surface area contributed by atoms with Crippen LogP contribution in [0, 0.1) is 5.92 Å². The van der Waals surface area contributed by atoms with Gasteiger partial charge >= 0.3 is 11.9 Å². The first-order chi connectivity index (χ1) is 11.3. The fourth-order valence-electron chi connectivity index (χ4n) is 2.02. The van der Waals surface area contributed by atoms with Crippen molar-refractivity contribution < 1.29 is 23.8 Å². The number of benzene rings is 1. The fourth-order valence-corrected chi connectivity index (χ4v) is 2.02. The summed E-state index contributed by atoms with van der Waals surface area (Å²) in [7, 11) is 0. The zero-order valence-electron chi connectivity index (χ0n) is 14.4. The lowest BCUT2D eigenvalue weighted by molar-refractivity contribution is -0.222. The molecule has 0 radical (unpaired) electrons. The smallest absolute Gasteiger partial charge is 0.350 e. The Kier molecular flexibility index (Phi) is 5.49. The van der Waals surface area contributed by atoms with E-state index in [1.165, 1.54) is 20.0 Å². The molecule has 0 aromatic heterocycles. The molecule has 0 saturated carbocycles. The number of ether oxygens (including phenoxy) is 3. The highest BCUT2D eigenvalue weighted by molar-refractivity contribution is 6.15. The highest BCUT2D eigenvalue weighted by atomic mass is 16.7. The lowest BCUT2D eigenvalue weighted by Crippen LogP contribution is -2.42. The second-order valence-corrected chi connectivity index (χ2v) is 6.44. The molecule has 6 nitrogen and oxygen atoms in total. The molecule has 130 valence electrons. The number of carbonyl (C=O) groups is 2. The Morgan fingerprint density at radius 1 is 1.21 bits per heavy atom. The van der Waals surface area contributed by atoms with Crippen molar-refractivity contribution in [1.82, 2.24) is 0 Å². The average Bonchev–Trinajstić information content (AvgIpc) is 2.45. The van der Waals surface area contributed by atoms with E-state index < -0.39 is 17.7 Å². The van der Waals surface area contributed by atoms with E-state index in [-0.39, 0.29) is 5.57 Å². The van der Waals surface area contributed by atoms with Gasteiger partial charge in [0.25, 0.3) is 5.79 Å². The van der Waals surface area contributed by atoms with Gasteiger partial charge in [-0.2, -0.15) is 0 Å². The van der Waals surface area contributed by atoms with E-state index in [2.05, 4.69) is 19.2 Å². The van der Waals surface area contributed by atoms with Gasteiger partial charge in [0, 0.05) is 31.8 Å². The maximum atomic E-state index is 11.9. The third-order valence-corrected chi connectivity index (χ3v) is 3.30. The minimum atomic E-state index is -1.24. The molecule has 0 aliphatic carbocycles. The molecule has 0 atom stereocenters. The van der Waals surface area contributed by atoms with Crippen molar-refractivity contribution in [2.45, 2.75) is 39.9 Å². The van der Waals surface area contributed by atoms with Gasteiger partial charge in [-0.3, -0.25) is 0 Å². The van der Waals surface area contributed by atoms with Gasteiger partial charge in [0.1, 0.15) is 5.75 Å². The van der Waals surface area contributed by atoms with Gasteiger partial charge in [0.2, 0.25) is 0 Å². The number of carbonyl (C=O) groups excluding carboxylic acids is 2. The van der Waals surface area contributed by atoms with E-state index in [0.717, 1.165) is 6.42 Å². The largest absolute Gasteiger partial charge is 0.494 e.